The molecule has 5 N–H and O–H groups in total. The topological polar surface area (TPSA) is 111 Å². The standard InChI is InChI=1S/C17H21N3O4S/c21-16(12-13-5-4-8-15(11-13)20-25(23)24)18-9-10-19-17(22)14-6-2-1-3-7-14/h1-8,11,16,18,20-21H,9-10,12H2,(H,19,22)(H,23,24). The number of rotatable bonds is 9. The molecule has 0 heterocycles. The molecule has 2 rings (SSSR count). The molecule has 0 saturated carbocycles. The molecule has 0 aliphatic heterocycles. The van der Waals surface area contributed by atoms with Crippen molar-refractivity contribution in [3.8, 4) is 0 Å². The van der Waals surface area contributed by atoms with Crippen LogP contribution in [0.1, 0.15) is 15.9 Å². The van der Waals surface area contributed by atoms with Crippen molar-refractivity contribution >= 4 is 22.9 Å². The zero-order chi connectivity index (χ0) is 18.1. The van der Waals surface area contributed by atoms with Crippen LogP contribution in [0.2, 0.25) is 0 Å². The van der Waals surface area contributed by atoms with Crippen LogP contribution in [0.4, 0.5) is 5.69 Å². The molecule has 7 nitrogen and oxygen atoms in total. The average Bonchev–Trinajstić information content (AvgIpc) is 2.59. The van der Waals surface area contributed by atoms with Gasteiger partial charge in [0, 0.05) is 30.8 Å². The monoisotopic (exact) mass is 363 g/mol. The van der Waals surface area contributed by atoms with Crippen LogP contribution in [0.5, 0.6) is 0 Å². The van der Waals surface area contributed by atoms with Crippen molar-refractivity contribution in [2.45, 2.75) is 12.6 Å². The second-order valence-electron chi connectivity index (χ2n) is 5.35. The van der Waals surface area contributed by atoms with Crippen LogP contribution in [0.3, 0.4) is 0 Å². The van der Waals surface area contributed by atoms with E-state index < -0.39 is 17.5 Å². The lowest BCUT2D eigenvalue weighted by atomic mass is 10.1. The molecule has 0 fully saturated rings. The minimum absolute atomic E-state index is 0.160. The second-order valence-corrected chi connectivity index (χ2v) is 6.05. The molecule has 0 saturated heterocycles. The van der Waals surface area contributed by atoms with Crippen molar-refractivity contribution in [1.82, 2.24) is 10.6 Å². The number of amides is 1. The first-order valence-electron chi connectivity index (χ1n) is 7.76. The van der Waals surface area contributed by atoms with Crippen LogP contribution in [-0.4, -0.2) is 39.1 Å². The first kappa shape index (κ1) is 19.1. The Hall–Kier alpha value is -2.26. The van der Waals surface area contributed by atoms with E-state index in [1.807, 2.05) is 12.1 Å². The predicted octanol–water partition coefficient (Wildman–Crippen LogP) is 1.12. The highest BCUT2D eigenvalue weighted by atomic mass is 32.2. The summed E-state index contributed by atoms with van der Waals surface area (Å²) in [5.74, 6) is -0.160. The number of aliphatic hydroxyl groups is 1. The van der Waals surface area contributed by atoms with E-state index in [0.29, 0.717) is 30.8 Å². The Morgan fingerprint density at radius 3 is 2.56 bits per heavy atom. The Balaban J connectivity index is 1.71. The maximum atomic E-state index is 11.9. The SMILES string of the molecule is O=C(NCCNC(O)Cc1cccc(NS(=O)O)c1)c1ccccc1. The van der Waals surface area contributed by atoms with Crippen LogP contribution >= 0.6 is 0 Å². The van der Waals surface area contributed by atoms with Crippen LogP contribution in [0.15, 0.2) is 54.6 Å². The van der Waals surface area contributed by atoms with Crippen LogP contribution < -0.4 is 15.4 Å². The van der Waals surface area contributed by atoms with E-state index in [2.05, 4.69) is 15.4 Å². The smallest absolute Gasteiger partial charge is 0.259 e. The Morgan fingerprint density at radius 1 is 1.08 bits per heavy atom. The van der Waals surface area contributed by atoms with E-state index >= 15 is 0 Å². The molecule has 0 radical (unpaired) electrons. The summed E-state index contributed by atoms with van der Waals surface area (Å²) >= 11 is -2.13. The van der Waals surface area contributed by atoms with Gasteiger partial charge in [0.2, 0.25) is 0 Å². The summed E-state index contributed by atoms with van der Waals surface area (Å²) in [5, 5.41) is 15.7. The zero-order valence-electron chi connectivity index (χ0n) is 13.5. The Kier molecular flexibility index (Phi) is 7.55. The molecule has 25 heavy (non-hydrogen) atoms. The van der Waals surface area contributed by atoms with Crippen molar-refractivity contribution in [2.75, 3.05) is 17.8 Å². The number of hydrogen-bond donors (Lipinski definition) is 5. The van der Waals surface area contributed by atoms with Gasteiger partial charge in [-0.3, -0.25) is 19.4 Å². The predicted molar refractivity (Wildman–Crippen MR) is 97.3 cm³/mol. The summed E-state index contributed by atoms with van der Waals surface area (Å²) in [4.78, 5) is 11.9. The number of benzene rings is 2. The number of anilines is 1. The highest BCUT2D eigenvalue weighted by Crippen LogP contribution is 2.12. The molecular weight excluding hydrogens is 342 g/mol. The van der Waals surface area contributed by atoms with Crippen molar-refractivity contribution in [3.63, 3.8) is 0 Å². The molecule has 2 aromatic carbocycles. The van der Waals surface area contributed by atoms with E-state index in [0.717, 1.165) is 5.56 Å². The Bertz CT molecular complexity index is 712. The largest absolute Gasteiger partial charge is 0.378 e. The van der Waals surface area contributed by atoms with E-state index in [-0.39, 0.29) is 5.91 Å². The molecule has 1 amide bonds. The summed E-state index contributed by atoms with van der Waals surface area (Å²) in [7, 11) is 0. The van der Waals surface area contributed by atoms with Gasteiger partial charge in [-0.25, -0.2) is 4.21 Å². The quantitative estimate of drug-likeness (QED) is 0.260. The highest BCUT2D eigenvalue weighted by molar-refractivity contribution is 7.80. The molecule has 0 bridgehead atoms. The van der Waals surface area contributed by atoms with Crippen LogP contribution in [0.25, 0.3) is 0 Å². The third kappa shape index (κ3) is 7.02. The van der Waals surface area contributed by atoms with E-state index in [4.69, 9.17) is 4.55 Å². The number of aliphatic hydroxyl groups excluding tert-OH is 1. The molecule has 0 aromatic heterocycles. The number of hydrogen-bond acceptors (Lipinski definition) is 4. The minimum atomic E-state index is -2.13. The summed E-state index contributed by atoms with van der Waals surface area (Å²) in [6, 6.07) is 15.8. The molecule has 2 unspecified atom stereocenters. The van der Waals surface area contributed by atoms with Crippen LogP contribution in [-0.2, 0) is 17.7 Å². The number of carbonyl (C=O) groups is 1. The van der Waals surface area contributed by atoms with E-state index in [1.165, 1.54) is 0 Å². The van der Waals surface area contributed by atoms with Crippen molar-refractivity contribution in [2.24, 2.45) is 0 Å². The maximum Gasteiger partial charge on any atom is 0.259 e. The van der Waals surface area contributed by atoms with Crippen molar-refractivity contribution < 1.29 is 18.7 Å². The first-order chi connectivity index (χ1) is 12.0. The van der Waals surface area contributed by atoms with Gasteiger partial charge in [-0.2, -0.15) is 0 Å². The second kappa shape index (κ2) is 9.90. The molecular formula is C17H21N3O4S. The van der Waals surface area contributed by atoms with Gasteiger partial charge in [0.25, 0.3) is 17.2 Å². The summed E-state index contributed by atoms with van der Waals surface area (Å²) < 4.78 is 21.9. The van der Waals surface area contributed by atoms with Gasteiger partial charge in [-0.15, -0.1) is 0 Å². The Labute approximate surface area is 148 Å². The molecule has 2 atom stereocenters. The minimum Gasteiger partial charge on any atom is -0.378 e. The lowest BCUT2D eigenvalue weighted by molar-refractivity contribution is 0.0946. The molecule has 2 aromatic rings. The third-order valence-corrected chi connectivity index (χ3v) is 3.80. The molecule has 0 aliphatic carbocycles. The summed E-state index contributed by atoms with van der Waals surface area (Å²) in [6.07, 6.45) is -0.455. The third-order valence-electron chi connectivity index (χ3n) is 3.39. The molecule has 8 heteroatoms. The normalized spacial score (nSPS) is 13.0. The van der Waals surface area contributed by atoms with Gasteiger partial charge >= 0.3 is 0 Å². The average molecular weight is 363 g/mol. The first-order valence-corrected chi connectivity index (χ1v) is 8.86. The number of carbonyl (C=O) groups excluding carboxylic acids is 1. The lowest BCUT2D eigenvalue weighted by Crippen LogP contribution is -2.38. The van der Waals surface area contributed by atoms with Crippen LogP contribution in [0, 0.1) is 0 Å². The summed E-state index contributed by atoms with van der Waals surface area (Å²) in [6.45, 7) is 0.800. The summed E-state index contributed by atoms with van der Waals surface area (Å²) in [5.41, 5.74) is 1.90. The van der Waals surface area contributed by atoms with Gasteiger partial charge in [-0.1, -0.05) is 30.3 Å². The zero-order valence-corrected chi connectivity index (χ0v) is 14.3. The van der Waals surface area contributed by atoms with E-state index in [1.54, 1.807) is 42.5 Å². The lowest BCUT2D eigenvalue weighted by Gasteiger charge is -2.14. The van der Waals surface area contributed by atoms with E-state index in [9.17, 15) is 14.1 Å². The fraction of sp³-hybridized carbons (Fsp3) is 0.235. The molecule has 134 valence electrons. The highest BCUT2D eigenvalue weighted by Gasteiger charge is 2.07. The fourth-order valence-electron chi connectivity index (χ4n) is 2.26. The van der Waals surface area contributed by atoms with Gasteiger partial charge in [-0.05, 0) is 29.8 Å². The van der Waals surface area contributed by atoms with Crippen molar-refractivity contribution in [1.29, 1.82) is 0 Å². The van der Waals surface area contributed by atoms with Gasteiger partial charge in [0.15, 0.2) is 0 Å². The molecule has 0 spiro atoms. The van der Waals surface area contributed by atoms with Gasteiger partial charge < -0.3 is 10.4 Å². The number of nitrogens with one attached hydrogen (secondary N) is 3. The fourth-order valence-corrected chi connectivity index (χ4v) is 2.59. The Morgan fingerprint density at radius 2 is 1.84 bits per heavy atom. The van der Waals surface area contributed by atoms with Gasteiger partial charge in [0.1, 0.15) is 6.23 Å². The maximum absolute atomic E-state index is 11.9. The van der Waals surface area contributed by atoms with Crippen molar-refractivity contribution in [3.05, 3.63) is 65.7 Å². The van der Waals surface area contributed by atoms with Gasteiger partial charge in [0.05, 0.1) is 0 Å². The molecule has 0 aliphatic rings.